The highest BCUT2D eigenvalue weighted by atomic mass is 35.5. The maximum Gasteiger partial charge on any atom is 0.291 e. The topological polar surface area (TPSA) is 100 Å². The number of amides is 1. The molecule has 1 amide bonds. The summed E-state index contributed by atoms with van der Waals surface area (Å²) in [6, 6.07) is 9.68. The van der Waals surface area contributed by atoms with Crippen LogP contribution in [-0.2, 0) is 0 Å². The van der Waals surface area contributed by atoms with Crippen molar-refractivity contribution in [3.05, 3.63) is 69.2 Å². The summed E-state index contributed by atoms with van der Waals surface area (Å²) in [4.78, 5) is 16.0. The van der Waals surface area contributed by atoms with E-state index in [0.717, 1.165) is 11.3 Å². The fraction of sp³-hybridized carbons (Fsp3) is 0. The molecule has 3 aromatic rings. The molecule has 4 N–H and O–H groups in total. The van der Waals surface area contributed by atoms with Crippen molar-refractivity contribution in [2.75, 3.05) is 5.73 Å². The van der Waals surface area contributed by atoms with E-state index in [1.807, 2.05) is 36.5 Å². The van der Waals surface area contributed by atoms with Gasteiger partial charge in [-0.25, -0.2) is 10.4 Å². The Morgan fingerprint density at radius 1 is 1.23 bits per heavy atom. The van der Waals surface area contributed by atoms with Gasteiger partial charge in [0, 0.05) is 12.1 Å². The SMILES string of the molecule is Nc1c(Cl)c(Cl)nc(C(=O)N/N=C/c2c[nH][n+](-c3ccccc3)c2)c1Cl. The monoisotopic (exact) mass is 409 g/mol. The van der Waals surface area contributed by atoms with E-state index in [9.17, 15) is 4.79 Å². The van der Waals surface area contributed by atoms with Gasteiger partial charge in [0.2, 0.25) is 11.9 Å². The summed E-state index contributed by atoms with van der Waals surface area (Å²) in [7, 11) is 0. The lowest BCUT2D eigenvalue weighted by Gasteiger charge is -2.07. The number of para-hydroxylation sites is 1. The Bertz CT molecular complexity index is 987. The van der Waals surface area contributed by atoms with Crippen molar-refractivity contribution in [1.29, 1.82) is 0 Å². The van der Waals surface area contributed by atoms with Gasteiger partial charge in [0.15, 0.2) is 10.8 Å². The minimum absolute atomic E-state index is 0.00509. The lowest BCUT2D eigenvalue weighted by molar-refractivity contribution is -0.655. The van der Waals surface area contributed by atoms with Crippen molar-refractivity contribution in [3.8, 4) is 5.69 Å². The van der Waals surface area contributed by atoms with Crippen LogP contribution in [0.25, 0.3) is 5.69 Å². The van der Waals surface area contributed by atoms with Crippen molar-refractivity contribution in [1.82, 2.24) is 15.5 Å². The van der Waals surface area contributed by atoms with Crippen LogP contribution >= 0.6 is 34.8 Å². The van der Waals surface area contributed by atoms with Crippen LogP contribution in [0.2, 0.25) is 15.2 Å². The number of nitrogens with one attached hydrogen (secondary N) is 2. The molecule has 3 rings (SSSR count). The van der Waals surface area contributed by atoms with Crippen LogP contribution in [0.5, 0.6) is 0 Å². The number of carbonyl (C=O) groups excluding carboxylic acids is 1. The first-order valence-electron chi connectivity index (χ1n) is 7.26. The number of hydrazone groups is 1. The fourth-order valence-electron chi connectivity index (χ4n) is 2.08. The van der Waals surface area contributed by atoms with E-state index in [1.165, 1.54) is 6.21 Å². The Balaban J connectivity index is 1.72. The number of aromatic amines is 1. The molecule has 2 heterocycles. The summed E-state index contributed by atoms with van der Waals surface area (Å²) in [6.07, 6.45) is 5.00. The van der Waals surface area contributed by atoms with E-state index >= 15 is 0 Å². The smallest absolute Gasteiger partial charge is 0.291 e. The number of aromatic nitrogens is 3. The predicted molar refractivity (Wildman–Crippen MR) is 101 cm³/mol. The lowest BCUT2D eigenvalue weighted by atomic mass is 10.3. The summed E-state index contributed by atoms with van der Waals surface area (Å²) in [5.41, 5.74) is 9.51. The largest absolute Gasteiger partial charge is 0.396 e. The average molecular weight is 411 g/mol. The molecular formula is C16H12Cl3N6O+. The van der Waals surface area contributed by atoms with Crippen LogP contribution in [0, 0.1) is 0 Å². The van der Waals surface area contributed by atoms with Crippen LogP contribution < -0.4 is 15.8 Å². The van der Waals surface area contributed by atoms with Crippen molar-refractivity contribution in [2.24, 2.45) is 5.10 Å². The second kappa shape index (κ2) is 7.74. The molecule has 0 aliphatic carbocycles. The zero-order valence-corrected chi connectivity index (χ0v) is 15.3. The molecule has 0 radical (unpaired) electrons. The van der Waals surface area contributed by atoms with Crippen LogP contribution in [0.1, 0.15) is 16.1 Å². The number of anilines is 1. The van der Waals surface area contributed by atoms with E-state index in [2.05, 4.69) is 20.6 Å². The van der Waals surface area contributed by atoms with Gasteiger partial charge < -0.3 is 5.73 Å². The first kappa shape index (κ1) is 18.2. The van der Waals surface area contributed by atoms with Crippen molar-refractivity contribution >= 4 is 52.6 Å². The molecule has 0 bridgehead atoms. The number of pyridine rings is 1. The standard InChI is InChI=1S/C16H11Cl3N6O/c17-11-13(20)12(18)15(19)23-14(11)16(26)24-21-6-9-7-22-25(8-9)10-4-2-1-3-5-10/h1-8H,(H3,20,23,24,26)/p+1/b21-6+. The molecule has 10 heteroatoms. The summed E-state index contributed by atoms with van der Waals surface area (Å²) in [5, 5.41) is 6.72. The Kier molecular flexibility index (Phi) is 5.41. The molecule has 0 aliphatic heterocycles. The van der Waals surface area contributed by atoms with Gasteiger partial charge in [0.1, 0.15) is 5.02 Å². The summed E-state index contributed by atoms with van der Waals surface area (Å²) in [5.74, 6) is -0.664. The van der Waals surface area contributed by atoms with Gasteiger partial charge in [-0.15, -0.1) is 0 Å². The van der Waals surface area contributed by atoms with Crippen LogP contribution in [0.15, 0.2) is 47.8 Å². The number of nitrogens with zero attached hydrogens (tertiary/aromatic N) is 3. The Morgan fingerprint density at radius 3 is 2.69 bits per heavy atom. The normalized spacial score (nSPS) is 11.0. The molecule has 2 aromatic heterocycles. The molecule has 0 saturated carbocycles. The van der Waals surface area contributed by atoms with E-state index in [-0.39, 0.29) is 26.6 Å². The molecule has 0 aliphatic rings. The second-order valence-corrected chi connectivity index (χ2v) is 6.21. The number of benzene rings is 1. The van der Waals surface area contributed by atoms with Crippen molar-refractivity contribution in [2.45, 2.75) is 0 Å². The van der Waals surface area contributed by atoms with Crippen molar-refractivity contribution < 1.29 is 9.48 Å². The number of halogens is 3. The van der Waals surface area contributed by atoms with E-state index in [1.54, 1.807) is 10.9 Å². The highest BCUT2D eigenvalue weighted by Crippen LogP contribution is 2.34. The minimum Gasteiger partial charge on any atom is -0.396 e. The number of nitrogens with two attached hydrogens (primary N) is 1. The molecule has 0 fully saturated rings. The molecule has 132 valence electrons. The molecule has 0 unspecified atom stereocenters. The summed E-state index contributed by atoms with van der Waals surface area (Å²) < 4.78 is 1.81. The maximum absolute atomic E-state index is 12.2. The minimum atomic E-state index is -0.664. The third-order valence-electron chi connectivity index (χ3n) is 3.35. The van der Waals surface area contributed by atoms with E-state index in [0.29, 0.717) is 0 Å². The zero-order chi connectivity index (χ0) is 18.7. The Morgan fingerprint density at radius 2 is 1.96 bits per heavy atom. The van der Waals surface area contributed by atoms with Gasteiger partial charge in [-0.2, -0.15) is 10.2 Å². The fourth-order valence-corrected chi connectivity index (χ4v) is 2.67. The number of nitrogen functional groups attached to an aromatic ring is 1. The number of H-pyrrole nitrogens is 1. The molecule has 0 saturated heterocycles. The average Bonchev–Trinajstić information content (AvgIpc) is 3.12. The summed E-state index contributed by atoms with van der Waals surface area (Å²) in [6.45, 7) is 0. The highest BCUT2D eigenvalue weighted by molar-refractivity contribution is 6.46. The third kappa shape index (κ3) is 3.80. The van der Waals surface area contributed by atoms with Crippen LogP contribution in [0.3, 0.4) is 0 Å². The number of rotatable bonds is 4. The zero-order valence-electron chi connectivity index (χ0n) is 13.1. The Hall–Kier alpha value is -2.61. The first-order valence-corrected chi connectivity index (χ1v) is 8.39. The molecule has 0 atom stereocenters. The number of hydrogen-bond acceptors (Lipinski definition) is 4. The molecular weight excluding hydrogens is 399 g/mol. The van der Waals surface area contributed by atoms with Crippen LogP contribution in [-0.4, -0.2) is 22.2 Å². The molecule has 0 spiro atoms. The van der Waals surface area contributed by atoms with Gasteiger partial charge >= 0.3 is 0 Å². The van der Waals surface area contributed by atoms with Gasteiger partial charge in [-0.1, -0.05) is 57.7 Å². The predicted octanol–water partition coefficient (Wildman–Crippen LogP) is 2.99. The number of hydrogen-bond donors (Lipinski definition) is 3. The quantitative estimate of drug-likeness (QED) is 0.267. The molecule has 7 nitrogen and oxygen atoms in total. The summed E-state index contributed by atoms with van der Waals surface area (Å²) >= 11 is 17.6. The van der Waals surface area contributed by atoms with Gasteiger partial charge in [0.25, 0.3) is 5.91 Å². The number of carbonyl (C=O) groups is 1. The second-order valence-electron chi connectivity index (χ2n) is 5.10. The van der Waals surface area contributed by atoms with Crippen molar-refractivity contribution in [3.63, 3.8) is 0 Å². The third-order valence-corrected chi connectivity index (χ3v) is 4.48. The van der Waals surface area contributed by atoms with Gasteiger partial charge in [0.05, 0.1) is 28.7 Å². The molecule has 1 aromatic carbocycles. The van der Waals surface area contributed by atoms with Crippen LogP contribution in [0.4, 0.5) is 5.69 Å². The maximum atomic E-state index is 12.2. The first-order chi connectivity index (χ1) is 12.5. The van der Waals surface area contributed by atoms with E-state index < -0.39 is 5.91 Å². The Labute approximate surface area is 163 Å². The van der Waals surface area contributed by atoms with E-state index in [4.69, 9.17) is 40.5 Å². The highest BCUT2D eigenvalue weighted by Gasteiger charge is 2.19. The lowest BCUT2D eigenvalue weighted by Crippen LogP contribution is -2.31. The van der Waals surface area contributed by atoms with Gasteiger partial charge in [-0.3, -0.25) is 4.79 Å². The van der Waals surface area contributed by atoms with Gasteiger partial charge in [-0.05, 0) is 0 Å². The molecule has 26 heavy (non-hydrogen) atoms.